The monoisotopic (exact) mass is 609 g/mol. The first-order valence-electron chi connectivity index (χ1n) is 14.9. The van der Waals surface area contributed by atoms with Gasteiger partial charge in [-0.2, -0.15) is 0 Å². The Bertz CT molecular complexity index is 1810. The molecule has 0 bridgehead atoms. The number of nitrogens with zero attached hydrogens (tertiary/aromatic N) is 2. The largest absolute Gasteiger partial charge is 0.485 e. The molecule has 1 saturated heterocycles. The van der Waals surface area contributed by atoms with Crippen LogP contribution in [0.1, 0.15) is 41.0 Å². The predicted octanol–water partition coefficient (Wildman–Crippen LogP) is 8.30. The van der Waals surface area contributed by atoms with Gasteiger partial charge in [0, 0.05) is 11.6 Å². The van der Waals surface area contributed by atoms with E-state index in [0.29, 0.717) is 6.42 Å². The molecule has 6 nitrogen and oxygen atoms in total. The summed E-state index contributed by atoms with van der Waals surface area (Å²) in [5.74, 6) is 0.514. The van der Waals surface area contributed by atoms with Gasteiger partial charge in [0.25, 0.3) is 5.24 Å². The van der Waals surface area contributed by atoms with E-state index in [-0.39, 0.29) is 17.3 Å². The van der Waals surface area contributed by atoms with Gasteiger partial charge in [0.05, 0.1) is 10.9 Å². The summed E-state index contributed by atoms with van der Waals surface area (Å²) in [7, 11) is 0. The summed E-state index contributed by atoms with van der Waals surface area (Å²) in [4.78, 5) is 37.5. The Morgan fingerprint density at radius 1 is 0.800 bits per heavy atom. The lowest BCUT2D eigenvalue weighted by atomic mass is 9.75. The predicted molar refractivity (Wildman–Crippen MR) is 178 cm³/mol. The number of hydrogen-bond donors (Lipinski definition) is 1. The number of benzene rings is 4. The maximum Gasteiger partial charge on any atom is 0.290 e. The number of thioether (sulfide) groups is 1. The molecular weight excluding hydrogens is 579 g/mol. The third kappa shape index (κ3) is 5.29. The molecule has 2 aromatic heterocycles. The molecular formula is C38H31N3O3S. The molecule has 4 aromatic carbocycles. The van der Waals surface area contributed by atoms with Crippen LogP contribution < -0.4 is 4.74 Å². The van der Waals surface area contributed by atoms with Crippen molar-refractivity contribution in [1.29, 1.82) is 0 Å². The first-order valence-corrected chi connectivity index (χ1v) is 15.8. The summed E-state index contributed by atoms with van der Waals surface area (Å²) < 4.78 is 6.21. The highest BCUT2D eigenvalue weighted by molar-refractivity contribution is 8.15. The summed E-state index contributed by atoms with van der Waals surface area (Å²) >= 11 is 1.10. The number of H-pyrrole nitrogens is 1. The molecule has 222 valence electrons. The van der Waals surface area contributed by atoms with Crippen molar-refractivity contribution in [1.82, 2.24) is 14.9 Å². The number of nitrogens with one attached hydrogen (secondary N) is 1. The molecule has 1 aliphatic heterocycles. The summed E-state index contributed by atoms with van der Waals surface area (Å²) in [6, 6.07) is 43.2. The molecule has 1 aliphatic rings. The fraction of sp³-hybridized carbons (Fsp3) is 0.132. The van der Waals surface area contributed by atoms with E-state index >= 15 is 0 Å². The Morgan fingerprint density at radius 2 is 1.38 bits per heavy atom. The zero-order chi connectivity index (χ0) is 30.8. The van der Waals surface area contributed by atoms with E-state index in [1.165, 1.54) is 4.90 Å². The summed E-state index contributed by atoms with van der Waals surface area (Å²) in [6.07, 6.45) is 1.98. The van der Waals surface area contributed by atoms with Crippen molar-refractivity contribution in [2.75, 3.05) is 0 Å². The van der Waals surface area contributed by atoms with E-state index in [0.717, 1.165) is 56.5 Å². The number of ether oxygens (including phenoxy) is 1. The molecule has 2 amide bonds. The first-order chi connectivity index (χ1) is 22.0. The molecule has 0 saturated carbocycles. The lowest BCUT2D eigenvalue weighted by Gasteiger charge is -2.42. The Morgan fingerprint density at radius 3 is 1.93 bits per heavy atom. The Kier molecular flexibility index (Phi) is 7.69. The number of hydrogen-bond acceptors (Lipinski definition) is 5. The van der Waals surface area contributed by atoms with Gasteiger partial charge in [-0.1, -0.05) is 115 Å². The average molecular weight is 610 g/mol. The van der Waals surface area contributed by atoms with Crippen LogP contribution in [-0.2, 0) is 16.8 Å². The smallest absolute Gasteiger partial charge is 0.290 e. The second kappa shape index (κ2) is 12.1. The van der Waals surface area contributed by atoms with Gasteiger partial charge in [-0.05, 0) is 65.9 Å². The van der Waals surface area contributed by atoms with Crippen LogP contribution in [0.4, 0.5) is 4.79 Å². The molecule has 1 fully saturated rings. The van der Waals surface area contributed by atoms with Crippen molar-refractivity contribution in [2.45, 2.75) is 30.2 Å². The highest BCUT2D eigenvalue weighted by atomic mass is 32.2. The zero-order valence-corrected chi connectivity index (χ0v) is 25.5. The molecule has 2 atom stereocenters. The molecule has 2 unspecified atom stereocenters. The number of amides is 2. The van der Waals surface area contributed by atoms with Gasteiger partial charge in [-0.25, -0.2) is 4.98 Å². The second-order valence-corrected chi connectivity index (χ2v) is 12.3. The molecule has 7 rings (SSSR count). The second-order valence-electron chi connectivity index (χ2n) is 11.1. The number of aromatic amines is 1. The highest BCUT2D eigenvalue weighted by Crippen LogP contribution is 2.47. The van der Waals surface area contributed by atoms with Gasteiger partial charge in [0.15, 0.2) is 0 Å². The van der Waals surface area contributed by atoms with E-state index in [2.05, 4.69) is 9.97 Å². The zero-order valence-electron chi connectivity index (χ0n) is 24.7. The van der Waals surface area contributed by atoms with Crippen LogP contribution in [0.5, 0.6) is 5.75 Å². The summed E-state index contributed by atoms with van der Waals surface area (Å²) in [6.45, 7) is 1.99. The van der Waals surface area contributed by atoms with Crippen LogP contribution in [0, 0.1) is 0 Å². The van der Waals surface area contributed by atoms with Crippen LogP contribution >= 0.6 is 11.8 Å². The third-order valence-corrected chi connectivity index (χ3v) is 9.38. The van der Waals surface area contributed by atoms with Gasteiger partial charge in [-0.15, -0.1) is 0 Å². The normalized spacial score (nSPS) is 15.8. The summed E-state index contributed by atoms with van der Waals surface area (Å²) in [5.41, 5.74) is 4.17. The molecule has 0 aliphatic carbocycles. The van der Waals surface area contributed by atoms with Crippen molar-refractivity contribution in [3.05, 3.63) is 168 Å². The van der Waals surface area contributed by atoms with Crippen LogP contribution in [-0.4, -0.2) is 31.3 Å². The van der Waals surface area contributed by atoms with E-state index < -0.39 is 10.8 Å². The first kappa shape index (κ1) is 28.6. The molecule has 1 N–H and O–H groups in total. The van der Waals surface area contributed by atoms with E-state index in [1.54, 1.807) is 6.20 Å². The van der Waals surface area contributed by atoms with Crippen LogP contribution in [0.15, 0.2) is 140 Å². The number of imide groups is 1. The maximum absolute atomic E-state index is 14.4. The van der Waals surface area contributed by atoms with Crippen molar-refractivity contribution in [2.24, 2.45) is 0 Å². The number of carbonyl (C=O) groups excluding carboxylic acids is 2. The quantitative estimate of drug-likeness (QED) is 0.167. The number of carbonyl (C=O) groups is 2. The van der Waals surface area contributed by atoms with Crippen LogP contribution in [0.2, 0.25) is 0 Å². The SMILES string of the molecule is CC(Oc1ccc(CC2SC(=O)N(C(c3ccccc3)(c3ccccc3)c3ccccc3)C2=O)cc1)c1cc2cccnc2[nH]1. The molecule has 0 spiro atoms. The minimum Gasteiger partial charge on any atom is -0.485 e. The molecule has 45 heavy (non-hydrogen) atoms. The molecule has 3 heterocycles. The Balaban J connectivity index is 1.16. The number of aromatic nitrogens is 2. The number of fused-ring (bicyclic) bond motifs is 1. The standard InChI is InChI=1S/C38H31N3O3S/c1-26(33-25-28-12-11-23-39-35(28)40-33)44-32-21-19-27(20-22-32)24-34-36(42)41(37(43)45-34)38(29-13-5-2-6-14-29,30-15-7-3-8-16-30)31-17-9-4-10-18-31/h2-23,25-26,34H,24H2,1H3,(H,39,40). The maximum atomic E-state index is 14.4. The van der Waals surface area contributed by atoms with Gasteiger partial charge in [0.2, 0.25) is 5.91 Å². The lowest BCUT2D eigenvalue weighted by Crippen LogP contribution is -2.51. The number of rotatable bonds is 9. The van der Waals surface area contributed by atoms with Crippen molar-refractivity contribution in [3.8, 4) is 5.75 Å². The van der Waals surface area contributed by atoms with Crippen LogP contribution in [0.25, 0.3) is 11.0 Å². The van der Waals surface area contributed by atoms with E-state index in [9.17, 15) is 9.59 Å². The van der Waals surface area contributed by atoms with Crippen molar-refractivity contribution < 1.29 is 14.3 Å². The van der Waals surface area contributed by atoms with Crippen LogP contribution in [0.3, 0.4) is 0 Å². The highest BCUT2D eigenvalue weighted by Gasteiger charge is 2.53. The average Bonchev–Trinajstić information content (AvgIpc) is 3.65. The van der Waals surface area contributed by atoms with Gasteiger partial charge >= 0.3 is 0 Å². The van der Waals surface area contributed by atoms with Gasteiger partial charge < -0.3 is 9.72 Å². The number of pyridine rings is 1. The summed E-state index contributed by atoms with van der Waals surface area (Å²) in [5, 5.41) is 0.220. The fourth-order valence-electron chi connectivity index (χ4n) is 6.20. The minimum atomic E-state index is -1.12. The Hall–Kier alpha value is -5.14. The van der Waals surface area contributed by atoms with Crippen molar-refractivity contribution in [3.63, 3.8) is 0 Å². The fourth-order valence-corrected chi connectivity index (χ4v) is 7.26. The molecule has 0 radical (unpaired) electrons. The van der Waals surface area contributed by atoms with E-state index in [4.69, 9.17) is 4.74 Å². The van der Waals surface area contributed by atoms with E-state index in [1.807, 2.05) is 140 Å². The molecule has 7 heteroatoms. The van der Waals surface area contributed by atoms with Crippen molar-refractivity contribution >= 4 is 33.9 Å². The molecule has 6 aromatic rings. The van der Waals surface area contributed by atoms with Gasteiger partial charge in [0.1, 0.15) is 23.0 Å². The third-order valence-electron chi connectivity index (χ3n) is 8.34. The minimum absolute atomic E-state index is 0.203. The van der Waals surface area contributed by atoms with Gasteiger partial charge in [-0.3, -0.25) is 14.5 Å². The Labute approximate surface area is 266 Å². The lowest BCUT2D eigenvalue weighted by molar-refractivity contribution is -0.129. The topological polar surface area (TPSA) is 75.3 Å².